The highest BCUT2D eigenvalue weighted by Gasteiger charge is 2.52. The molecule has 1 fully saturated rings. The fourth-order valence-electron chi connectivity index (χ4n) is 1.92. The summed E-state index contributed by atoms with van der Waals surface area (Å²) in [5.74, 6) is -0.110. The van der Waals surface area contributed by atoms with Gasteiger partial charge in [-0.1, -0.05) is 0 Å². The summed E-state index contributed by atoms with van der Waals surface area (Å²) < 4.78 is 11.9. The minimum atomic E-state index is -0.555. The van der Waals surface area contributed by atoms with Gasteiger partial charge in [0.05, 0.1) is 23.3 Å². The summed E-state index contributed by atoms with van der Waals surface area (Å²) in [5, 5.41) is 2.58. The monoisotopic (exact) mass is 277 g/mol. The first-order valence-electron chi connectivity index (χ1n) is 6.62. The summed E-state index contributed by atoms with van der Waals surface area (Å²) in [4.78, 5) is 19.7. The van der Waals surface area contributed by atoms with Gasteiger partial charge in [-0.15, -0.1) is 0 Å². The maximum atomic E-state index is 11.5. The lowest BCUT2D eigenvalue weighted by molar-refractivity contribution is -0.119. The Labute approximate surface area is 119 Å². The number of hydrogen-bond acceptors (Lipinski definition) is 5. The van der Waals surface area contributed by atoms with Gasteiger partial charge in [0.1, 0.15) is 6.33 Å². The molecule has 0 radical (unpaired) electrons. The van der Waals surface area contributed by atoms with E-state index in [1.54, 1.807) is 13.2 Å². The molecule has 1 aromatic rings. The van der Waals surface area contributed by atoms with Gasteiger partial charge in [0.2, 0.25) is 5.91 Å². The highest BCUT2D eigenvalue weighted by atomic mass is 16.7. The van der Waals surface area contributed by atoms with Gasteiger partial charge in [-0.2, -0.15) is 0 Å². The lowest BCUT2D eigenvalue weighted by Crippen LogP contribution is -2.41. The van der Waals surface area contributed by atoms with E-state index in [9.17, 15) is 4.79 Å². The molecule has 1 aliphatic heterocycles. The number of carbonyl (C=O) groups excluding carboxylic acids is 1. The van der Waals surface area contributed by atoms with Gasteiger partial charge < -0.3 is 14.6 Å². The summed E-state index contributed by atoms with van der Waals surface area (Å²) in [6, 6.07) is 0. The molecule has 1 saturated heterocycles. The molecule has 0 bridgehead atoms. The SMILES string of the molecule is CNC(=O)Cc1ncncc1B1OC(C)(C)C(C)(C)O1. The van der Waals surface area contributed by atoms with Crippen LogP contribution in [-0.4, -0.2) is 41.2 Å². The third kappa shape index (κ3) is 2.69. The molecule has 1 aromatic heterocycles. The van der Waals surface area contributed by atoms with E-state index in [4.69, 9.17) is 9.31 Å². The number of carbonyl (C=O) groups is 1. The van der Waals surface area contributed by atoms with Gasteiger partial charge in [0, 0.05) is 18.7 Å². The number of rotatable bonds is 3. The van der Waals surface area contributed by atoms with E-state index < -0.39 is 18.3 Å². The first-order chi connectivity index (χ1) is 9.27. The van der Waals surface area contributed by atoms with Crippen LogP contribution in [-0.2, 0) is 20.5 Å². The topological polar surface area (TPSA) is 73.3 Å². The molecule has 20 heavy (non-hydrogen) atoms. The Balaban J connectivity index is 2.28. The zero-order valence-corrected chi connectivity index (χ0v) is 12.6. The van der Waals surface area contributed by atoms with Gasteiger partial charge in [0.15, 0.2) is 0 Å². The van der Waals surface area contributed by atoms with Gasteiger partial charge in [-0.25, -0.2) is 9.97 Å². The Hall–Kier alpha value is -1.47. The van der Waals surface area contributed by atoms with Crippen LogP contribution in [0, 0.1) is 0 Å². The molecule has 1 amide bonds. The van der Waals surface area contributed by atoms with Gasteiger partial charge in [0.25, 0.3) is 0 Å². The maximum Gasteiger partial charge on any atom is 0.498 e. The van der Waals surface area contributed by atoms with Crippen molar-refractivity contribution in [3.8, 4) is 0 Å². The first kappa shape index (κ1) is 14.9. The van der Waals surface area contributed by atoms with Gasteiger partial charge in [-0.3, -0.25) is 4.79 Å². The molecule has 0 spiro atoms. The molecule has 6 nitrogen and oxygen atoms in total. The molecule has 2 heterocycles. The van der Waals surface area contributed by atoms with E-state index in [0.29, 0.717) is 11.2 Å². The van der Waals surface area contributed by atoms with Crippen LogP contribution in [0.4, 0.5) is 0 Å². The summed E-state index contributed by atoms with van der Waals surface area (Å²) in [6.07, 6.45) is 3.25. The molecule has 2 rings (SSSR count). The molecule has 1 N–H and O–H groups in total. The second-order valence-corrected chi connectivity index (χ2v) is 5.86. The van der Waals surface area contributed by atoms with Crippen molar-refractivity contribution in [1.82, 2.24) is 15.3 Å². The molecule has 1 aliphatic rings. The molecule has 108 valence electrons. The van der Waals surface area contributed by atoms with Crippen LogP contribution in [0.3, 0.4) is 0 Å². The molecule has 0 aliphatic carbocycles. The van der Waals surface area contributed by atoms with Crippen LogP contribution in [0.1, 0.15) is 33.4 Å². The van der Waals surface area contributed by atoms with Crippen molar-refractivity contribution in [2.24, 2.45) is 0 Å². The summed E-state index contributed by atoms with van der Waals surface area (Å²) >= 11 is 0. The fraction of sp³-hybridized carbons (Fsp3) is 0.615. The average Bonchev–Trinajstić information content (AvgIpc) is 2.59. The predicted molar refractivity (Wildman–Crippen MR) is 75.5 cm³/mol. The van der Waals surface area contributed by atoms with Gasteiger partial charge >= 0.3 is 7.12 Å². The number of nitrogens with zero attached hydrogens (tertiary/aromatic N) is 2. The van der Waals surface area contributed by atoms with Crippen LogP contribution in [0.15, 0.2) is 12.5 Å². The molecule has 0 saturated carbocycles. The second-order valence-electron chi connectivity index (χ2n) is 5.86. The van der Waals surface area contributed by atoms with Crippen LogP contribution in [0.5, 0.6) is 0 Å². The Morgan fingerprint density at radius 2 is 1.90 bits per heavy atom. The zero-order valence-electron chi connectivity index (χ0n) is 12.6. The van der Waals surface area contributed by atoms with E-state index in [1.165, 1.54) is 6.33 Å². The normalized spacial score (nSPS) is 19.9. The minimum absolute atomic E-state index is 0.110. The number of amides is 1. The number of hydrogen-bond donors (Lipinski definition) is 1. The zero-order chi connectivity index (χ0) is 15.0. The van der Waals surface area contributed by atoms with E-state index >= 15 is 0 Å². The molecule has 0 aromatic carbocycles. The largest absolute Gasteiger partial charge is 0.498 e. The Bertz CT molecular complexity index is 503. The van der Waals surface area contributed by atoms with Crippen molar-refractivity contribution >= 4 is 18.5 Å². The van der Waals surface area contributed by atoms with Crippen molar-refractivity contribution in [3.63, 3.8) is 0 Å². The average molecular weight is 277 g/mol. The van der Waals surface area contributed by atoms with E-state index in [1.807, 2.05) is 27.7 Å². The fourth-order valence-corrected chi connectivity index (χ4v) is 1.92. The highest BCUT2D eigenvalue weighted by Crippen LogP contribution is 2.36. The third-order valence-electron chi connectivity index (χ3n) is 3.94. The molecule has 7 heteroatoms. The number of likely N-dealkylation sites (N-methyl/N-ethyl adjacent to an activating group) is 1. The van der Waals surface area contributed by atoms with Crippen LogP contribution >= 0.6 is 0 Å². The Morgan fingerprint density at radius 1 is 1.30 bits per heavy atom. The first-order valence-corrected chi connectivity index (χ1v) is 6.62. The summed E-state index contributed by atoms with van der Waals surface area (Å²) in [5.41, 5.74) is 0.461. The van der Waals surface area contributed by atoms with Crippen molar-refractivity contribution in [2.75, 3.05) is 7.05 Å². The van der Waals surface area contributed by atoms with Crippen LogP contribution in [0.25, 0.3) is 0 Å². The third-order valence-corrected chi connectivity index (χ3v) is 3.94. The predicted octanol–water partition coefficient (Wildman–Crippen LogP) is 0.0643. The standard InChI is InChI=1S/C13H20BN3O3/c1-12(2)13(3,4)20-14(19-12)9-7-16-8-17-10(9)6-11(18)15-5/h7-8H,6H2,1-5H3,(H,15,18). The molecular weight excluding hydrogens is 257 g/mol. The van der Waals surface area contributed by atoms with Crippen molar-refractivity contribution in [1.29, 1.82) is 0 Å². The van der Waals surface area contributed by atoms with E-state index in [-0.39, 0.29) is 12.3 Å². The van der Waals surface area contributed by atoms with Crippen LogP contribution < -0.4 is 10.8 Å². The van der Waals surface area contributed by atoms with Gasteiger partial charge in [-0.05, 0) is 27.7 Å². The van der Waals surface area contributed by atoms with Crippen molar-refractivity contribution < 1.29 is 14.1 Å². The van der Waals surface area contributed by atoms with E-state index in [2.05, 4.69) is 15.3 Å². The quantitative estimate of drug-likeness (QED) is 0.791. The maximum absolute atomic E-state index is 11.5. The molecule has 0 atom stereocenters. The van der Waals surface area contributed by atoms with E-state index in [0.717, 1.165) is 0 Å². The summed E-state index contributed by atoms with van der Waals surface area (Å²) in [6.45, 7) is 7.93. The number of aromatic nitrogens is 2. The molecular formula is C13H20BN3O3. The number of nitrogens with one attached hydrogen (secondary N) is 1. The van der Waals surface area contributed by atoms with Crippen molar-refractivity contribution in [2.45, 2.75) is 45.3 Å². The molecule has 0 unspecified atom stereocenters. The second kappa shape index (κ2) is 5.14. The minimum Gasteiger partial charge on any atom is -0.399 e. The van der Waals surface area contributed by atoms with Crippen molar-refractivity contribution in [3.05, 3.63) is 18.2 Å². The lowest BCUT2D eigenvalue weighted by Gasteiger charge is -2.32. The Morgan fingerprint density at radius 3 is 2.45 bits per heavy atom. The van der Waals surface area contributed by atoms with Crippen LogP contribution in [0.2, 0.25) is 0 Å². The highest BCUT2D eigenvalue weighted by molar-refractivity contribution is 6.62. The summed E-state index contributed by atoms with van der Waals surface area (Å²) in [7, 11) is 1.04. The smallest absolute Gasteiger partial charge is 0.399 e. The Kier molecular flexibility index (Phi) is 3.84. The lowest BCUT2D eigenvalue weighted by atomic mass is 9.78.